The van der Waals surface area contributed by atoms with Crippen LogP contribution in [0, 0.1) is 17.6 Å². The standard InChI is InChI=1S/C12H17F2N/c1-4-15-12(8(2)3)10-7-9(13)5-6-11(10)14/h5-8,12,15H,4H2,1-3H3. The van der Waals surface area contributed by atoms with E-state index in [0.29, 0.717) is 5.56 Å². The summed E-state index contributed by atoms with van der Waals surface area (Å²) < 4.78 is 26.5. The molecule has 0 aliphatic carbocycles. The second-order valence-electron chi connectivity index (χ2n) is 3.95. The Morgan fingerprint density at radius 2 is 1.93 bits per heavy atom. The van der Waals surface area contributed by atoms with Crippen LogP contribution in [-0.4, -0.2) is 6.54 Å². The molecule has 1 atom stereocenters. The molecule has 0 aliphatic heterocycles. The van der Waals surface area contributed by atoms with Gasteiger partial charge in [-0.2, -0.15) is 0 Å². The summed E-state index contributed by atoms with van der Waals surface area (Å²) in [7, 11) is 0. The van der Waals surface area contributed by atoms with Gasteiger partial charge in [-0.3, -0.25) is 0 Å². The van der Waals surface area contributed by atoms with Gasteiger partial charge in [-0.05, 0) is 30.7 Å². The van der Waals surface area contributed by atoms with Crippen LogP contribution in [-0.2, 0) is 0 Å². The highest BCUT2D eigenvalue weighted by Crippen LogP contribution is 2.24. The molecular formula is C12H17F2N. The summed E-state index contributed by atoms with van der Waals surface area (Å²) in [5, 5.41) is 3.16. The van der Waals surface area contributed by atoms with Crippen LogP contribution in [0.4, 0.5) is 8.78 Å². The molecule has 1 unspecified atom stereocenters. The number of benzene rings is 1. The fourth-order valence-corrected chi connectivity index (χ4v) is 1.68. The van der Waals surface area contributed by atoms with Crippen molar-refractivity contribution in [1.29, 1.82) is 0 Å². The first-order valence-electron chi connectivity index (χ1n) is 5.24. The van der Waals surface area contributed by atoms with Gasteiger partial charge in [0.05, 0.1) is 0 Å². The van der Waals surface area contributed by atoms with Gasteiger partial charge in [0.2, 0.25) is 0 Å². The molecular weight excluding hydrogens is 196 g/mol. The lowest BCUT2D eigenvalue weighted by Gasteiger charge is -2.22. The van der Waals surface area contributed by atoms with E-state index < -0.39 is 5.82 Å². The molecule has 0 amide bonds. The molecule has 0 fully saturated rings. The van der Waals surface area contributed by atoms with E-state index in [1.54, 1.807) is 0 Å². The van der Waals surface area contributed by atoms with Crippen LogP contribution >= 0.6 is 0 Å². The van der Waals surface area contributed by atoms with Crippen LogP contribution in [0.25, 0.3) is 0 Å². The van der Waals surface area contributed by atoms with Crippen molar-refractivity contribution >= 4 is 0 Å². The molecule has 1 nitrogen and oxygen atoms in total. The molecule has 84 valence electrons. The van der Waals surface area contributed by atoms with E-state index >= 15 is 0 Å². The van der Waals surface area contributed by atoms with Crippen molar-refractivity contribution in [2.75, 3.05) is 6.54 Å². The lowest BCUT2D eigenvalue weighted by atomic mass is 9.95. The third-order valence-corrected chi connectivity index (χ3v) is 2.38. The maximum Gasteiger partial charge on any atom is 0.128 e. The first kappa shape index (κ1) is 12.1. The number of hydrogen-bond acceptors (Lipinski definition) is 1. The summed E-state index contributed by atoms with van der Waals surface area (Å²) in [4.78, 5) is 0. The SMILES string of the molecule is CCNC(c1cc(F)ccc1F)C(C)C. The van der Waals surface area contributed by atoms with E-state index in [1.165, 1.54) is 12.1 Å². The van der Waals surface area contributed by atoms with Gasteiger partial charge >= 0.3 is 0 Å². The second kappa shape index (κ2) is 5.21. The molecule has 3 heteroatoms. The normalized spacial score (nSPS) is 13.2. The highest BCUT2D eigenvalue weighted by Gasteiger charge is 2.18. The van der Waals surface area contributed by atoms with Crippen molar-refractivity contribution in [2.45, 2.75) is 26.8 Å². The second-order valence-corrected chi connectivity index (χ2v) is 3.95. The molecule has 1 aromatic carbocycles. The van der Waals surface area contributed by atoms with Gasteiger partial charge in [-0.1, -0.05) is 20.8 Å². The fraction of sp³-hybridized carbons (Fsp3) is 0.500. The summed E-state index contributed by atoms with van der Waals surface area (Å²) in [6.07, 6.45) is 0. The number of hydrogen-bond donors (Lipinski definition) is 1. The van der Waals surface area contributed by atoms with Crippen molar-refractivity contribution < 1.29 is 8.78 Å². The van der Waals surface area contributed by atoms with Crippen molar-refractivity contribution in [2.24, 2.45) is 5.92 Å². The lowest BCUT2D eigenvalue weighted by molar-refractivity contribution is 0.403. The largest absolute Gasteiger partial charge is 0.310 e. The summed E-state index contributed by atoms with van der Waals surface area (Å²) in [6.45, 7) is 6.65. The Balaban J connectivity index is 3.04. The molecule has 0 bridgehead atoms. The molecule has 1 aromatic rings. The lowest BCUT2D eigenvalue weighted by Crippen LogP contribution is -2.26. The average Bonchev–Trinajstić information content (AvgIpc) is 2.18. The zero-order valence-corrected chi connectivity index (χ0v) is 9.35. The summed E-state index contributed by atoms with van der Waals surface area (Å²) in [5.74, 6) is -0.521. The molecule has 0 spiro atoms. The third-order valence-electron chi connectivity index (χ3n) is 2.38. The van der Waals surface area contributed by atoms with Gasteiger partial charge < -0.3 is 5.32 Å². The first-order valence-corrected chi connectivity index (χ1v) is 5.24. The molecule has 0 aliphatic rings. The summed E-state index contributed by atoms with van der Waals surface area (Å²) in [6, 6.07) is 3.45. The molecule has 15 heavy (non-hydrogen) atoms. The Morgan fingerprint density at radius 1 is 1.27 bits per heavy atom. The van der Waals surface area contributed by atoms with E-state index in [0.717, 1.165) is 12.6 Å². The molecule has 0 aromatic heterocycles. The van der Waals surface area contributed by atoms with Crippen molar-refractivity contribution in [1.82, 2.24) is 5.32 Å². The number of halogens is 2. The number of rotatable bonds is 4. The quantitative estimate of drug-likeness (QED) is 0.809. The zero-order valence-electron chi connectivity index (χ0n) is 9.35. The van der Waals surface area contributed by atoms with E-state index in [4.69, 9.17) is 0 Å². The molecule has 0 heterocycles. The van der Waals surface area contributed by atoms with Crippen molar-refractivity contribution in [3.63, 3.8) is 0 Å². The summed E-state index contributed by atoms with van der Waals surface area (Å²) >= 11 is 0. The third kappa shape index (κ3) is 2.99. The average molecular weight is 213 g/mol. The van der Waals surface area contributed by atoms with E-state index in [-0.39, 0.29) is 17.8 Å². The maximum absolute atomic E-state index is 13.5. The Labute approximate surface area is 89.5 Å². The van der Waals surface area contributed by atoms with E-state index in [2.05, 4.69) is 5.32 Å². The zero-order chi connectivity index (χ0) is 11.4. The predicted octanol–water partition coefficient (Wildman–Crippen LogP) is 3.27. The van der Waals surface area contributed by atoms with E-state index in [9.17, 15) is 8.78 Å². The topological polar surface area (TPSA) is 12.0 Å². The van der Waals surface area contributed by atoms with Crippen molar-refractivity contribution in [3.8, 4) is 0 Å². The Bertz CT molecular complexity index is 323. The Morgan fingerprint density at radius 3 is 2.47 bits per heavy atom. The minimum absolute atomic E-state index is 0.134. The van der Waals surface area contributed by atoms with Gasteiger partial charge in [-0.25, -0.2) is 8.78 Å². The molecule has 0 saturated carbocycles. The van der Waals surface area contributed by atoms with Gasteiger partial charge in [-0.15, -0.1) is 0 Å². The van der Waals surface area contributed by atoms with Crippen LogP contribution in [0.5, 0.6) is 0 Å². The van der Waals surface area contributed by atoms with Crippen LogP contribution in [0.1, 0.15) is 32.4 Å². The molecule has 1 rings (SSSR count). The molecule has 1 N–H and O–H groups in total. The highest BCUT2D eigenvalue weighted by molar-refractivity contribution is 5.22. The Kier molecular flexibility index (Phi) is 4.21. The van der Waals surface area contributed by atoms with Crippen LogP contribution in [0.2, 0.25) is 0 Å². The molecule has 0 saturated heterocycles. The highest BCUT2D eigenvalue weighted by atomic mass is 19.1. The first-order chi connectivity index (χ1) is 7.06. The maximum atomic E-state index is 13.5. The van der Waals surface area contributed by atoms with Gasteiger partial charge in [0.25, 0.3) is 0 Å². The van der Waals surface area contributed by atoms with Crippen LogP contribution in [0.15, 0.2) is 18.2 Å². The summed E-state index contributed by atoms with van der Waals surface area (Å²) in [5.41, 5.74) is 0.409. The predicted molar refractivity (Wildman–Crippen MR) is 57.6 cm³/mol. The van der Waals surface area contributed by atoms with Crippen LogP contribution in [0.3, 0.4) is 0 Å². The monoisotopic (exact) mass is 213 g/mol. The minimum atomic E-state index is -0.394. The Hall–Kier alpha value is -0.960. The van der Waals surface area contributed by atoms with E-state index in [1.807, 2.05) is 20.8 Å². The van der Waals surface area contributed by atoms with Crippen LogP contribution < -0.4 is 5.32 Å². The minimum Gasteiger partial charge on any atom is -0.310 e. The van der Waals surface area contributed by atoms with Gasteiger partial charge in [0, 0.05) is 11.6 Å². The number of nitrogens with one attached hydrogen (secondary N) is 1. The smallest absolute Gasteiger partial charge is 0.128 e. The van der Waals surface area contributed by atoms with Gasteiger partial charge in [0.1, 0.15) is 11.6 Å². The fourth-order valence-electron chi connectivity index (χ4n) is 1.68. The van der Waals surface area contributed by atoms with Crippen molar-refractivity contribution in [3.05, 3.63) is 35.4 Å². The molecule has 0 radical (unpaired) electrons. The van der Waals surface area contributed by atoms with Gasteiger partial charge in [0.15, 0.2) is 0 Å².